The Kier molecular flexibility index (Phi) is 4.02. The van der Waals surface area contributed by atoms with Gasteiger partial charge in [0.1, 0.15) is 16.4 Å². The third-order valence-electron chi connectivity index (χ3n) is 2.63. The van der Waals surface area contributed by atoms with Crippen LogP contribution in [0.4, 0.5) is 15.8 Å². The molecule has 0 atom stereocenters. The smallest absolute Gasteiger partial charge is 0.264 e. The van der Waals surface area contributed by atoms with Crippen molar-refractivity contribution in [2.24, 2.45) is 0 Å². The zero-order valence-corrected chi connectivity index (χ0v) is 12.0. The molecule has 3 N–H and O–H groups in total. The third kappa shape index (κ3) is 3.07. The molecular weight excluding hydrogens is 317 g/mol. The summed E-state index contributed by atoms with van der Waals surface area (Å²) in [4.78, 5) is -0.263. The van der Waals surface area contributed by atoms with Crippen LogP contribution in [0.15, 0.2) is 41.3 Å². The van der Waals surface area contributed by atoms with Crippen LogP contribution in [0.1, 0.15) is 5.56 Å². The minimum absolute atomic E-state index is 0.0780. The van der Waals surface area contributed by atoms with E-state index in [4.69, 9.17) is 22.6 Å². The van der Waals surface area contributed by atoms with E-state index in [9.17, 15) is 12.8 Å². The van der Waals surface area contributed by atoms with Crippen LogP contribution in [0.2, 0.25) is 5.02 Å². The second kappa shape index (κ2) is 5.60. The van der Waals surface area contributed by atoms with Crippen LogP contribution in [0, 0.1) is 17.1 Å². The average Bonchev–Trinajstić information content (AvgIpc) is 2.42. The van der Waals surface area contributed by atoms with Gasteiger partial charge in [-0.15, -0.1) is 0 Å². The number of sulfonamides is 1. The Hall–Kier alpha value is -2.30. The summed E-state index contributed by atoms with van der Waals surface area (Å²) in [6.07, 6.45) is 0. The summed E-state index contributed by atoms with van der Waals surface area (Å²) >= 11 is 5.77. The number of anilines is 2. The van der Waals surface area contributed by atoms with Crippen LogP contribution in [0.25, 0.3) is 0 Å². The van der Waals surface area contributed by atoms with Crippen LogP contribution < -0.4 is 10.5 Å². The molecule has 0 saturated heterocycles. The highest BCUT2D eigenvalue weighted by atomic mass is 35.5. The fourth-order valence-electron chi connectivity index (χ4n) is 1.65. The summed E-state index contributed by atoms with van der Waals surface area (Å²) in [5.74, 6) is -0.807. The second-order valence-electron chi connectivity index (χ2n) is 4.07. The SMILES string of the molecule is N#Cc1ccc(S(=O)(=O)Nc2c(F)cccc2Cl)c(N)c1. The maximum Gasteiger partial charge on any atom is 0.264 e. The Bertz CT molecular complexity index is 827. The number of halogens is 2. The largest absolute Gasteiger partial charge is 0.398 e. The van der Waals surface area contributed by atoms with E-state index in [1.807, 2.05) is 6.07 Å². The van der Waals surface area contributed by atoms with Crippen molar-refractivity contribution < 1.29 is 12.8 Å². The van der Waals surface area contributed by atoms with Gasteiger partial charge in [-0.1, -0.05) is 17.7 Å². The lowest BCUT2D eigenvalue weighted by Crippen LogP contribution is -2.16. The van der Waals surface area contributed by atoms with E-state index >= 15 is 0 Å². The molecular formula is C13H9ClFN3O2S. The highest BCUT2D eigenvalue weighted by molar-refractivity contribution is 7.92. The number of nitriles is 1. The molecule has 0 aromatic heterocycles. The van der Waals surface area contributed by atoms with Gasteiger partial charge in [0.05, 0.1) is 22.3 Å². The third-order valence-corrected chi connectivity index (χ3v) is 4.37. The lowest BCUT2D eigenvalue weighted by atomic mass is 10.2. The predicted octanol–water partition coefficient (Wildman–Crippen LogP) is 2.73. The Morgan fingerprint density at radius 2 is 2.00 bits per heavy atom. The van der Waals surface area contributed by atoms with E-state index < -0.39 is 15.8 Å². The van der Waals surface area contributed by atoms with Gasteiger partial charge in [-0.3, -0.25) is 4.72 Å². The zero-order chi connectivity index (χ0) is 15.6. The molecule has 0 aliphatic heterocycles. The van der Waals surface area contributed by atoms with Crippen LogP contribution in [-0.2, 0) is 10.0 Å². The topological polar surface area (TPSA) is 96.0 Å². The lowest BCUT2D eigenvalue weighted by Gasteiger charge is -2.12. The van der Waals surface area contributed by atoms with E-state index in [1.54, 1.807) is 0 Å². The number of rotatable bonds is 3. The number of para-hydroxylation sites is 1. The van der Waals surface area contributed by atoms with Crippen LogP contribution >= 0.6 is 11.6 Å². The van der Waals surface area contributed by atoms with Crippen LogP contribution in [-0.4, -0.2) is 8.42 Å². The van der Waals surface area contributed by atoms with Crippen molar-refractivity contribution in [2.45, 2.75) is 4.90 Å². The molecule has 2 aromatic rings. The standard InChI is InChI=1S/C13H9ClFN3O2S/c14-9-2-1-3-10(15)13(9)18-21(19,20)12-5-4-8(7-16)6-11(12)17/h1-6,18H,17H2. The van der Waals surface area contributed by atoms with Crippen molar-refractivity contribution in [3.8, 4) is 6.07 Å². The van der Waals surface area contributed by atoms with Gasteiger partial charge in [0, 0.05) is 0 Å². The first-order valence-electron chi connectivity index (χ1n) is 5.61. The Morgan fingerprint density at radius 3 is 2.57 bits per heavy atom. The minimum atomic E-state index is -4.12. The fraction of sp³-hybridized carbons (Fsp3) is 0. The van der Waals surface area contributed by atoms with Crippen molar-refractivity contribution >= 4 is 33.0 Å². The van der Waals surface area contributed by atoms with E-state index in [0.717, 1.165) is 6.07 Å². The quantitative estimate of drug-likeness (QED) is 0.848. The van der Waals surface area contributed by atoms with Gasteiger partial charge in [0.15, 0.2) is 0 Å². The number of nitrogens with zero attached hydrogens (tertiary/aromatic N) is 1. The number of benzene rings is 2. The molecule has 0 fully saturated rings. The van der Waals surface area contributed by atoms with E-state index in [0.29, 0.717) is 0 Å². The number of nitrogens with two attached hydrogens (primary N) is 1. The molecule has 0 unspecified atom stereocenters. The minimum Gasteiger partial charge on any atom is -0.398 e. The van der Waals surface area contributed by atoms with Gasteiger partial charge in [0.2, 0.25) is 0 Å². The first kappa shape index (κ1) is 15.1. The molecule has 2 aromatic carbocycles. The molecule has 0 heterocycles. The fourth-order valence-corrected chi connectivity index (χ4v) is 3.12. The number of hydrogen-bond acceptors (Lipinski definition) is 4. The number of nitrogens with one attached hydrogen (secondary N) is 1. The summed E-state index contributed by atoms with van der Waals surface area (Å²) in [6.45, 7) is 0. The highest BCUT2D eigenvalue weighted by Gasteiger charge is 2.21. The molecule has 21 heavy (non-hydrogen) atoms. The van der Waals surface area contributed by atoms with Crippen LogP contribution in [0.3, 0.4) is 0 Å². The molecule has 108 valence electrons. The summed E-state index contributed by atoms with van der Waals surface area (Å²) < 4.78 is 40.1. The molecule has 0 radical (unpaired) electrons. The van der Waals surface area contributed by atoms with Gasteiger partial charge in [-0.2, -0.15) is 5.26 Å². The van der Waals surface area contributed by atoms with Crippen molar-refractivity contribution in [1.29, 1.82) is 5.26 Å². The zero-order valence-electron chi connectivity index (χ0n) is 10.5. The Morgan fingerprint density at radius 1 is 1.29 bits per heavy atom. The normalized spacial score (nSPS) is 10.9. The summed E-state index contributed by atoms with van der Waals surface area (Å²) in [5.41, 5.74) is 5.36. The van der Waals surface area contributed by atoms with E-state index in [2.05, 4.69) is 4.72 Å². The maximum absolute atomic E-state index is 13.6. The molecule has 0 bridgehead atoms. The van der Waals surface area contributed by atoms with Gasteiger partial charge < -0.3 is 5.73 Å². The highest BCUT2D eigenvalue weighted by Crippen LogP contribution is 2.29. The molecule has 8 heteroatoms. The monoisotopic (exact) mass is 325 g/mol. The molecule has 0 aliphatic rings. The van der Waals surface area contributed by atoms with Crippen molar-refractivity contribution in [3.63, 3.8) is 0 Å². The molecule has 5 nitrogen and oxygen atoms in total. The predicted molar refractivity (Wildman–Crippen MR) is 77.8 cm³/mol. The number of hydrogen-bond donors (Lipinski definition) is 2. The first-order chi connectivity index (χ1) is 9.85. The van der Waals surface area contributed by atoms with Gasteiger partial charge in [-0.25, -0.2) is 12.8 Å². The van der Waals surface area contributed by atoms with Gasteiger partial charge in [-0.05, 0) is 30.3 Å². The number of nitrogen functional groups attached to an aromatic ring is 1. The van der Waals surface area contributed by atoms with Crippen LogP contribution in [0.5, 0.6) is 0 Å². The molecule has 2 rings (SSSR count). The first-order valence-corrected chi connectivity index (χ1v) is 7.48. The van der Waals surface area contributed by atoms with E-state index in [1.165, 1.54) is 30.3 Å². The molecule has 0 amide bonds. The molecule has 0 spiro atoms. The van der Waals surface area contributed by atoms with Crippen molar-refractivity contribution in [3.05, 3.63) is 52.8 Å². The van der Waals surface area contributed by atoms with Gasteiger partial charge >= 0.3 is 0 Å². The summed E-state index contributed by atoms with van der Waals surface area (Å²) in [6, 6.07) is 9.31. The second-order valence-corrected chi connectivity index (χ2v) is 6.12. The Labute approximate surface area is 125 Å². The average molecular weight is 326 g/mol. The van der Waals surface area contributed by atoms with Crippen molar-refractivity contribution in [2.75, 3.05) is 10.5 Å². The Balaban J connectivity index is 2.47. The molecule has 0 saturated carbocycles. The maximum atomic E-state index is 13.6. The van der Waals surface area contributed by atoms with Crippen molar-refractivity contribution in [1.82, 2.24) is 0 Å². The lowest BCUT2D eigenvalue weighted by molar-refractivity contribution is 0.599. The molecule has 0 aliphatic carbocycles. The van der Waals surface area contributed by atoms with Gasteiger partial charge in [0.25, 0.3) is 10.0 Å². The summed E-state index contributed by atoms with van der Waals surface area (Å²) in [5, 5.41) is 8.65. The van der Waals surface area contributed by atoms with E-state index in [-0.39, 0.29) is 26.9 Å². The summed E-state index contributed by atoms with van der Waals surface area (Å²) in [7, 11) is -4.12.